The fourth-order valence-corrected chi connectivity index (χ4v) is 6.63. The number of benzene rings is 1. The SMILES string of the molecule is COc1ccc(C(=O)Nc2ccc(F)c(C3(C)CS(=O)(=O)C4(CCC4)C(N)=N3)c2)nc1. The lowest BCUT2D eigenvalue weighted by molar-refractivity contribution is 0.102. The fourth-order valence-electron chi connectivity index (χ4n) is 4.12. The monoisotopic (exact) mass is 446 g/mol. The Morgan fingerprint density at radius 1 is 1.26 bits per heavy atom. The van der Waals surface area contributed by atoms with Gasteiger partial charge in [-0.2, -0.15) is 0 Å². The number of nitrogens with zero attached hydrogens (tertiary/aromatic N) is 2. The van der Waals surface area contributed by atoms with Gasteiger partial charge in [0.2, 0.25) is 0 Å². The molecule has 1 fully saturated rings. The Kier molecular flexibility index (Phi) is 5.00. The number of ether oxygens (including phenoxy) is 1. The second-order valence-corrected chi connectivity index (χ2v) is 10.4. The maximum absolute atomic E-state index is 14.8. The molecule has 1 aliphatic heterocycles. The third-order valence-electron chi connectivity index (χ3n) is 6.07. The van der Waals surface area contributed by atoms with Crippen molar-refractivity contribution in [2.75, 3.05) is 18.2 Å². The summed E-state index contributed by atoms with van der Waals surface area (Å²) in [6.07, 6.45) is 3.05. The average Bonchev–Trinajstić information content (AvgIpc) is 2.67. The molecule has 31 heavy (non-hydrogen) atoms. The Morgan fingerprint density at radius 2 is 2.00 bits per heavy atom. The number of pyridine rings is 1. The molecule has 4 rings (SSSR count). The minimum Gasteiger partial charge on any atom is -0.495 e. The number of halogens is 1. The molecule has 1 aromatic heterocycles. The van der Waals surface area contributed by atoms with Crippen molar-refractivity contribution >= 4 is 27.3 Å². The van der Waals surface area contributed by atoms with Crippen LogP contribution >= 0.6 is 0 Å². The molecule has 1 aromatic carbocycles. The standard InChI is InChI=1S/C21H23FN4O4S/c1-20(12-31(28,29)21(8-3-9-21)19(23)26-20)15-10-13(4-6-16(15)22)25-18(27)17-7-5-14(30-2)11-24-17/h4-7,10-11H,3,8-9,12H2,1-2H3,(H2,23,26)(H,25,27). The zero-order valence-corrected chi connectivity index (χ0v) is 18.0. The van der Waals surface area contributed by atoms with Gasteiger partial charge in [0.05, 0.1) is 19.1 Å². The predicted octanol–water partition coefficient (Wildman–Crippen LogP) is 2.41. The molecule has 164 valence electrons. The van der Waals surface area contributed by atoms with Crippen molar-refractivity contribution in [3.8, 4) is 5.75 Å². The maximum atomic E-state index is 14.8. The minimum absolute atomic E-state index is 0.0313. The van der Waals surface area contributed by atoms with Crippen LogP contribution in [0.2, 0.25) is 0 Å². The second kappa shape index (κ2) is 7.30. The van der Waals surface area contributed by atoms with Gasteiger partial charge in [-0.05, 0) is 56.5 Å². The molecule has 2 aliphatic rings. The summed E-state index contributed by atoms with van der Waals surface area (Å²) >= 11 is 0. The third kappa shape index (κ3) is 3.44. The van der Waals surface area contributed by atoms with Crippen LogP contribution in [0.1, 0.15) is 42.2 Å². The molecule has 1 aliphatic carbocycles. The summed E-state index contributed by atoms with van der Waals surface area (Å²) in [6.45, 7) is 1.54. The first-order valence-corrected chi connectivity index (χ1v) is 11.4. The van der Waals surface area contributed by atoms with Crippen LogP contribution in [0.25, 0.3) is 0 Å². The van der Waals surface area contributed by atoms with Crippen LogP contribution in [0.4, 0.5) is 10.1 Å². The Hall–Kier alpha value is -3.01. The van der Waals surface area contributed by atoms with Crippen molar-refractivity contribution in [2.45, 2.75) is 36.5 Å². The quantitative estimate of drug-likeness (QED) is 0.743. The van der Waals surface area contributed by atoms with Gasteiger partial charge < -0.3 is 15.8 Å². The number of amidine groups is 1. The summed E-state index contributed by atoms with van der Waals surface area (Å²) < 4.78 is 44.7. The van der Waals surface area contributed by atoms with E-state index in [4.69, 9.17) is 10.5 Å². The number of carbonyl (C=O) groups is 1. The number of nitrogens with one attached hydrogen (secondary N) is 1. The van der Waals surface area contributed by atoms with Crippen LogP contribution < -0.4 is 15.8 Å². The zero-order chi connectivity index (χ0) is 22.4. The molecule has 0 radical (unpaired) electrons. The summed E-state index contributed by atoms with van der Waals surface area (Å²) in [4.78, 5) is 21.0. The van der Waals surface area contributed by atoms with Gasteiger partial charge in [-0.3, -0.25) is 9.79 Å². The van der Waals surface area contributed by atoms with Crippen LogP contribution in [-0.2, 0) is 15.4 Å². The number of methoxy groups -OCH3 is 1. The van der Waals surface area contributed by atoms with Crippen molar-refractivity contribution in [2.24, 2.45) is 10.7 Å². The summed E-state index contributed by atoms with van der Waals surface area (Å²) in [5, 5.41) is 2.65. The van der Waals surface area contributed by atoms with Crippen molar-refractivity contribution in [1.29, 1.82) is 0 Å². The van der Waals surface area contributed by atoms with Gasteiger partial charge >= 0.3 is 0 Å². The van der Waals surface area contributed by atoms with Gasteiger partial charge in [0.25, 0.3) is 5.91 Å². The zero-order valence-electron chi connectivity index (χ0n) is 17.2. The number of hydrogen-bond acceptors (Lipinski definition) is 7. The third-order valence-corrected chi connectivity index (χ3v) is 8.82. The number of carbonyl (C=O) groups excluding carboxylic acids is 1. The van der Waals surface area contributed by atoms with Crippen LogP contribution in [0.15, 0.2) is 41.5 Å². The number of aliphatic imine (C=N–C) groups is 1. The molecule has 0 bridgehead atoms. The van der Waals surface area contributed by atoms with Gasteiger partial charge in [0.15, 0.2) is 9.84 Å². The van der Waals surface area contributed by atoms with Gasteiger partial charge in [0.1, 0.15) is 33.4 Å². The number of sulfone groups is 1. The molecule has 8 nitrogen and oxygen atoms in total. The van der Waals surface area contributed by atoms with E-state index >= 15 is 0 Å². The molecule has 1 saturated carbocycles. The number of rotatable bonds is 4. The number of nitrogens with two attached hydrogens (primary N) is 1. The van der Waals surface area contributed by atoms with Crippen molar-refractivity contribution < 1.29 is 22.3 Å². The van der Waals surface area contributed by atoms with Gasteiger partial charge in [0, 0.05) is 11.3 Å². The molecule has 2 heterocycles. The van der Waals surface area contributed by atoms with E-state index < -0.39 is 31.8 Å². The summed E-state index contributed by atoms with van der Waals surface area (Å²) in [7, 11) is -2.13. The summed E-state index contributed by atoms with van der Waals surface area (Å²) in [5.41, 5.74) is 5.18. The first kappa shape index (κ1) is 21.2. The lowest BCUT2D eigenvalue weighted by Crippen LogP contribution is -2.61. The van der Waals surface area contributed by atoms with Crippen molar-refractivity contribution in [3.05, 3.63) is 53.6 Å². The smallest absolute Gasteiger partial charge is 0.274 e. The first-order valence-electron chi connectivity index (χ1n) is 9.80. The first-order chi connectivity index (χ1) is 14.6. The number of aromatic nitrogens is 1. The molecule has 3 N–H and O–H groups in total. The van der Waals surface area contributed by atoms with E-state index in [1.54, 1.807) is 6.07 Å². The lowest BCUT2D eigenvalue weighted by atomic mass is 9.82. The molecule has 2 aromatic rings. The van der Waals surface area contributed by atoms with E-state index in [0.717, 1.165) is 6.42 Å². The van der Waals surface area contributed by atoms with Crippen molar-refractivity contribution in [3.63, 3.8) is 0 Å². The molecular formula is C21H23FN4O4S. The Labute approximate surface area is 179 Å². The molecule has 1 amide bonds. The Balaban J connectivity index is 1.65. The second-order valence-electron chi connectivity index (χ2n) is 8.11. The topological polar surface area (TPSA) is 124 Å². The van der Waals surface area contributed by atoms with E-state index in [1.165, 1.54) is 44.5 Å². The molecule has 10 heteroatoms. The lowest BCUT2D eigenvalue weighted by Gasteiger charge is -2.46. The van der Waals surface area contributed by atoms with E-state index in [2.05, 4.69) is 15.3 Å². The summed E-state index contributed by atoms with van der Waals surface area (Å²) in [6, 6.07) is 7.04. The molecule has 0 saturated heterocycles. The highest BCUT2D eigenvalue weighted by Crippen LogP contribution is 2.47. The van der Waals surface area contributed by atoms with Gasteiger partial charge in [-0.1, -0.05) is 0 Å². The largest absolute Gasteiger partial charge is 0.495 e. The van der Waals surface area contributed by atoms with Crippen LogP contribution in [-0.4, -0.2) is 42.8 Å². The number of amides is 1. The minimum atomic E-state index is -3.63. The molecule has 1 spiro atoms. The number of anilines is 1. The van der Waals surface area contributed by atoms with Gasteiger partial charge in [-0.25, -0.2) is 17.8 Å². The highest BCUT2D eigenvalue weighted by molar-refractivity contribution is 7.93. The Bertz CT molecular complexity index is 1180. The van der Waals surface area contributed by atoms with E-state index in [9.17, 15) is 17.6 Å². The van der Waals surface area contributed by atoms with Gasteiger partial charge in [-0.15, -0.1) is 0 Å². The van der Waals surface area contributed by atoms with Crippen LogP contribution in [0.3, 0.4) is 0 Å². The van der Waals surface area contributed by atoms with E-state index in [-0.39, 0.29) is 28.5 Å². The average molecular weight is 447 g/mol. The van der Waals surface area contributed by atoms with E-state index in [1.807, 2.05) is 0 Å². The molecular weight excluding hydrogens is 423 g/mol. The Morgan fingerprint density at radius 3 is 2.55 bits per heavy atom. The highest BCUT2D eigenvalue weighted by atomic mass is 32.2. The molecule has 1 unspecified atom stereocenters. The van der Waals surface area contributed by atoms with Crippen LogP contribution in [0, 0.1) is 5.82 Å². The highest BCUT2D eigenvalue weighted by Gasteiger charge is 2.58. The predicted molar refractivity (Wildman–Crippen MR) is 114 cm³/mol. The fraction of sp³-hybridized carbons (Fsp3) is 0.381. The number of hydrogen-bond donors (Lipinski definition) is 2. The summed E-state index contributed by atoms with van der Waals surface area (Å²) in [5.74, 6) is -0.942. The maximum Gasteiger partial charge on any atom is 0.274 e. The molecule has 1 atom stereocenters. The normalized spacial score (nSPS) is 23.5. The van der Waals surface area contributed by atoms with E-state index in [0.29, 0.717) is 18.6 Å². The van der Waals surface area contributed by atoms with Crippen LogP contribution in [0.5, 0.6) is 5.75 Å². The van der Waals surface area contributed by atoms with Crippen molar-refractivity contribution in [1.82, 2.24) is 4.98 Å².